The molecule has 11 nitrogen and oxygen atoms in total. The second-order valence-electron chi connectivity index (χ2n) is 10.1. The first kappa shape index (κ1) is 32.6. The summed E-state index contributed by atoms with van der Waals surface area (Å²) in [5, 5.41) is 4.93. The molecule has 0 radical (unpaired) electrons. The summed E-state index contributed by atoms with van der Waals surface area (Å²) in [6.07, 6.45) is 1.48. The molecule has 0 bridgehead atoms. The first-order chi connectivity index (χ1) is 20.2. The largest absolute Gasteiger partial charge is 0.453 e. The first-order valence-corrected chi connectivity index (χ1v) is 13.2. The average Bonchev–Trinajstić information content (AvgIpc) is 3.34. The van der Waals surface area contributed by atoms with Gasteiger partial charge in [-0.3, -0.25) is 19.4 Å². The van der Waals surface area contributed by atoms with Gasteiger partial charge in [-0.25, -0.2) is 4.79 Å². The van der Waals surface area contributed by atoms with Gasteiger partial charge in [-0.15, -0.1) is 0 Å². The number of hydrogen-bond donors (Lipinski definition) is 3. The topological polar surface area (TPSA) is 138 Å². The molecule has 1 atom stereocenters. The van der Waals surface area contributed by atoms with Crippen LogP contribution in [0.5, 0.6) is 0 Å². The van der Waals surface area contributed by atoms with Crippen molar-refractivity contribution < 1.29 is 32.3 Å². The number of alkyl halides is 3. The standard InChI is InChI=1S/C29H33F3N6O5/c1-17(2)13-19-20(29(30,31)32)15-33-23-14-18(34-25(19)23)16-38-12-8-10-22(27(38)41)35-26(40)21(36-28(42)43-5)9-6-7-11-24(39)37(3)4/h7-8,10-15,21,34H,6,9,16H2,1-5H3,(H,35,40)(H,36,42). The van der Waals surface area contributed by atoms with Gasteiger partial charge in [0.25, 0.3) is 5.56 Å². The zero-order valence-corrected chi connectivity index (χ0v) is 24.3. The number of hydrogen-bond acceptors (Lipinski definition) is 6. The molecule has 0 fully saturated rings. The van der Waals surface area contributed by atoms with E-state index in [1.54, 1.807) is 40.1 Å². The monoisotopic (exact) mass is 602 g/mol. The van der Waals surface area contributed by atoms with Gasteiger partial charge in [0.1, 0.15) is 11.7 Å². The number of aromatic amines is 1. The van der Waals surface area contributed by atoms with Gasteiger partial charge in [0.15, 0.2) is 0 Å². The number of halogens is 3. The van der Waals surface area contributed by atoms with Crippen molar-refractivity contribution in [1.29, 1.82) is 0 Å². The minimum absolute atomic E-state index is 0.0525. The molecule has 1 unspecified atom stereocenters. The van der Waals surface area contributed by atoms with Crippen molar-refractivity contribution in [3.63, 3.8) is 0 Å². The SMILES string of the molecule is COC(=O)NC(CCC=CC(=O)N(C)C)C(=O)Nc1cccn(Cc2cc3ncc(C(F)(F)F)c(C=C(C)C)c3[nH]2)c1=O. The average molecular weight is 603 g/mol. The zero-order chi connectivity index (χ0) is 31.9. The number of H-pyrrole nitrogens is 1. The number of amides is 3. The molecule has 43 heavy (non-hydrogen) atoms. The maximum atomic E-state index is 13.7. The van der Waals surface area contributed by atoms with Crippen molar-refractivity contribution >= 4 is 40.7 Å². The summed E-state index contributed by atoms with van der Waals surface area (Å²) in [6, 6.07) is 3.37. The summed E-state index contributed by atoms with van der Waals surface area (Å²) < 4.78 is 46.9. The number of nitrogens with zero attached hydrogens (tertiary/aromatic N) is 3. The second kappa shape index (κ2) is 13.9. The molecule has 0 saturated heterocycles. The summed E-state index contributed by atoms with van der Waals surface area (Å²) in [5.74, 6) is -0.931. The highest BCUT2D eigenvalue weighted by Crippen LogP contribution is 2.35. The normalized spacial score (nSPS) is 12.2. The Bertz CT molecular complexity index is 1620. The fraction of sp³-hybridized carbons (Fsp3) is 0.345. The van der Waals surface area contributed by atoms with E-state index in [1.165, 1.54) is 39.9 Å². The van der Waals surface area contributed by atoms with Crippen molar-refractivity contribution in [3.05, 3.63) is 75.5 Å². The number of carbonyl (C=O) groups is 3. The number of ether oxygens (including phenoxy) is 1. The first-order valence-electron chi connectivity index (χ1n) is 13.2. The molecule has 0 spiro atoms. The summed E-state index contributed by atoms with van der Waals surface area (Å²) in [7, 11) is 4.33. The van der Waals surface area contributed by atoms with Crippen LogP contribution in [0.2, 0.25) is 0 Å². The minimum Gasteiger partial charge on any atom is -0.453 e. The van der Waals surface area contributed by atoms with Crippen molar-refractivity contribution in [1.82, 2.24) is 24.8 Å². The zero-order valence-electron chi connectivity index (χ0n) is 24.3. The van der Waals surface area contributed by atoms with Gasteiger partial charge in [0.05, 0.1) is 30.3 Å². The molecule has 0 aromatic carbocycles. The number of methoxy groups -OCH3 is 1. The lowest BCUT2D eigenvalue weighted by molar-refractivity contribution is -0.137. The van der Waals surface area contributed by atoms with Crippen LogP contribution in [0, 0.1) is 0 Å². The molecule has 14 heteroatoms. The number of alkyl carbamates (subject to hydrolysis) is 1. The maximum absolute atomic E-state index is 13.7. The molecular formula is C29H33F3N6O5. The van der Waals surface area contributed by atoms with E-state index in [0.29, 0.717) is 16.8 Å². The predicted molar refractivity (Wildman–Crippen MR) is 155 cm³/mol. The number of likely N-dealkylation sites (N-methyl/N-ethyl adjacent to an activating group) is 1. The van der Waals surface area contributed by atoms with Crippen LogP contribution < -0.4 is 16.2 Å². The van der Waals surface area contributed by atoms with E-state index in [1.807, 2.05) is 0 Å². The van der Waals surface area contributed by atoms with E-state index in [9.17, 15) is 32.3 Å². The van der Waals surface area contributed by atoms with E-state index >= 15 is 0 Å². The summed E-state index contributed by atoms with van der Waals surface area (Å²) in [5.41, 5.74) is -0.0502. The lowest BCUT2D eigenvalue weighted by Gasteiger charge is -2.17. The van der Waals surface area contributed by atoms with Crippen LogP contribution in [0.25, 0.3) is 17.1 Å². The van der Waals surface area contributed by atoms with Crippen LogP contribution >= 0.6 is 0 Å². The Morgan fingerprint density at radius 2 is 1.95 bits per heavy atom. The second-order valence-corrected chi connectivity index (χ2v) is 10.1. The Morgan fingerprint density at radius 1 is 1.23 bits per heavy atom. The van der Waals surface area contributed by atoms with Crippen molar-refractivity contribution in [2.24, 2.45) is 0 Å². The molecule has 0 aliphatic carbocycles. The minimum atomic E-state index is -4.61. The van der Waals surface area contributed by atoms with Crippen molar-refractivity contribution in [2.45, 2.75) is 45.5 Å². The number of carbonyl (C=O) groups excluding carboxylic acids is 3. The van der Waals surface area contributed by atoms with Gasteiger partial charge in [-0.1, -0.05) is 17.7 Å². The highest BCUT2D eigenvalue weighted by atomic mass is 19.4. The lowest BCUT2D eigenvalue weighted by atomic mass is 10.1. The molecule has 0 aliphatic rings. The Kier molecular flexibility index (Phi) is 10.5. The molecule has 3 aromatic rings. The van der Waals surface area contributed by atoms with Crippen LogP contribution in [0.4, 0.5) is 23.7 Å². The van der Waals surface area contributed by atoms with Gasteiger partial charge in [0.2, 0.25) is 11.8 Å². The van der Waals surface area contributed by atoms with Crippen molar-refractivity contribution in [2.75, 3.05) is 26.5 Å². The number of rotatable bonds is 10. The van der Waals surface area contributed by atoms with E-state index in [2.05, 4.69) is 25.3 Å². The Balaban J connectivity index is 1.85. The number of pyridine rings is 2. The fourth-order valence-corrected chi connectivity index (χ4v) is 4.12. The van der Waals surface area contributed by atoms with Crippen LogP contribution in [-0.4, -0.2) is 64.6 Å². The number of allylic oxidation sites excluding steroid dienone is 2. The van der Waals surface area contributed by atoms with E-state index in [-0.39, 0.29) is 42.1 Å². The predicted octanol–water partition coefficient (Wildman–Crippen LogP) is 4.30. The van der Waals surface area contributed by atoms with Crippen LogP contribution in [-0.2, 0) is 27.0 Å². The van der Waals surface area contributed by atoms with Crippen molar-refractivity contribution in [3.8, 4) is 0 Å². The number of nitrogens with one attached hydrogen (secondary N) is 3. The number of fused-ring (bicyclic) bond motifs is 1. The van der Waals surface area contributed by atoms with Gasteiger partial charge in [0, 0.05) is 37.7 Å². The third-order valence-electron chi connectivity index (χ3n) is 6.22. The molecule has 3 N–H and O–H groups in total. The molecular weight excluding hydrogens is 569 g/mol. The smallest absolute Gasteiger partial charge is 0.418 e. The molecule has 3 rings (SSSR count). The highest BCUT2D eigenvalue weighted by Gasteiger charge is 2.34. The molecule has 3 amide bonds. The molecule has 3 aromatic heterocycles. The van der Waals surface area contributed by atoms with Crippen LogP contribution in [0.1, 0.15) is 43.5 Å². The number of aromatic nitrogens is 3. The Morgan fingerprint density at radius 3 is 2.58 bits per heavy atom. The third-order valence-corrected chi connectivity index (χ3v) is 6.22. The van der Waals surface area contributed by atoms with Gasteiger partial charge >= 0.3 is 12.3 Å². The highest BCUT2D eigenvalue weighted by molar-refractivity contribution is 5.96. The molecule has 230 valence electrons. The maximum Gasteiger partial charge on any atom is 0.418 e. The van der Waals surface area contributed by atoms with Gasteiger partial charge in [-0.05, 0) is 51.0 Å². The Hall–Kier alpha value is -4.88. The molecule has 0 aliphatic heterocycles. The fourth-order valence-electron chi connectivity index (χ4n) is 4.12. The molecule has 0 saturated carbocycles. The van der Waals surface area contributed by atoms with E-state index in [4.69, 9.17) is 0 Å². The summed E-state index contributed by atoms with van der Waals surface area (Å²) in [4.78, 5) is 58.1. The van der Waals surface area contributed by atoms with E-state index in [0.717, 1.165) is 13.3 Å². The molecule has 3 heterocycles. The number of anilines is 1. The van der Waals surface area contributed by atoms with Crippen LogP contribution in [0.3, 0.4) is 0 Å². The van der Waals surface area contributed by atoms with E-state index < -0.39 is 35.3 Å². The van der Waals surface area contributed by atoms with Gasteiger partial charge in [-0.2, -0.15) is 13.2 Å². The van der Waals surface area contributed by atoms with Crippen LogP contribution in [0.15, 0.2) is 53.1 Å². The quantitative estimate of drug-likeness (QED) is 0.296. The summed E-state index contributed by atoms with van der Waals surface area (Å²) >= 11 is 0. The summed E-state index contributed by atoms with van der Waals surface area (Å²) in [6.45, 7) is 3.32. The lowest BCUT2D eigenvalue weighted by Crippen LogP contribution is -2.44. The van der Waals surface area contributed by atoms with Gasteiger partial charge < -0.3 is 29.8 Å². The Labute approximate surface area is 245 Å². The third kappa shape index (κ3) is 8.56.